The number of hydrogen-bond donors (Lipinski definition) is 2. The average Bonchev–Trinajstić information content (AvgIpc) is 3.27. The third kappa shape index (κ3) is 3.78. The zero-order chi connectivity index (χ0) is 21.2. The smallest absolute Gasteiger partial charge is 0.339 e. The second-order valence-electron chi connectivity index (χ2n) is 6.90. The van der Waals surface area contributed by atoms with Crippen LogP contribution >= 0.6 is 0 Å². The van der Waals surface area contributed by atoms with Gasteiger partial charge in [-0.2, -0.15) is 0 Å². The predicted octanol–water partition coefficient (Wildman–Crippen LogP) is 1.06. The Morgan fingerprint density at radius 3 is 2.38 bits per heavy atom. The minimum Gasteiger partial charge on any atom is -0.465 e. The number of methoxy groups -OCH3 is 2. The Morgan fingerprint density at radius 1 is 1.10 bits per heavy atom. The topological polar surface area (TPSA) is 131 Å². The molecule has 0 aromatic heterocycles. The zero-order valence-corrected chi connectivity index (χ0v) is 16.1. The third-order valence-electron chi connectivity index (χ3n) is 5.12. The van der Waals surface area contributed by atoms with E-state index in [0.29, 0.717) is 12.8 Å². The number of ether oxygens (including phenoxy) is 2. The van der Waals surface area contributed by atoms with Crippen molar-refractivity contribution in [1.29, 1.82) is 0 Å². The van der Waals surface area contributed by atoms with E-state index in [1.807, 2.05) is 0 Å². The van der Waals surface area contributed by atoms with Gasteiger partial charge < -0.3 is 20.1 Å². The molecule has 2 N–H and O–H groups in total. The molecule has 10 nitrogen and oxygen atoms in total. The number of nitrogens with zero attached hydrogens (tertiary/aromatic N) is 1. The molecule has 0 bridgehead atoms. The lowest BCUT2D eigenvalue weighted by Crippen LogP contribution is -2.44. The van der Waals surface area contributed by atoms with Crippen LogP contribution < -0.4 is 10.6 Å². The standard InChI is InChI=1S/C19H21N3O7/c1-28-15(24)11-5-6-12(16(25)29-2)13(9-11)20-14(23)10-22-17(26)19(21-18(22)27)7-3-4-8-19/h5-6,9H,3-4,7-8,10H2,1-2H3,(H,20,23)(H,21,27). The van der Waals surface area contributed by atoms with Crippen molar-refractivity contribution in [2.45, 2.75) is 31.2 Å². The van der Waals surface area contributed by atoms with E-state index in [-0.39, 0.29) is 16.8 Å². The van der Waals surface area contributed by atoms with Crippen LogP contribution in [0.4, 0.5) is 10.5 Å². The lowest BCUT2D eigenvalue weighted by atomic mass is 9.98. The van der Waals surface area contributed by atoms with E-state index in [1.54, 1.807) is 0 Å². The first-order valence-corrected chi connectivity index (χ1v) is 9.06. The second kappa shape index (κ2) is 7.90. The van der Waals surface area contributed by atoms with Crippen LogP contribution in [0.3, 0.4) is 0 Å². The van der Waals surface area contributed by atoms with Crippen molar-refractivity contribution < 1.29 is 33.4 Å². The predicted molar refractivity (Wildman–Crippen MR) is 99.2 cm³/mol. The van der Waals surface area contributed by atoms with E-state index in [2.05, 4.69) is 20.1 Å². The first-order valence-electron chi connectivity index (χ1n) is 9.06. The van der Waals surface area contributed by atoms with E-state index < -0.39 is 41.9 Å². The highest BCUT2D eigenvalue weighted by molar-refractivity contribution is 6.11. The van der Waals surface area contributed by atoms with Gasteiger partial charge in [-0.25, -0.2) is 14.4 Å². The number of carbonyl (C=O) groups is 5. The summed E-state index contributed by atoms with van der Waals surface area (Å²) in [5, 5.41) is 5.16. The van der Waals surface area contributed by atoms with Gasteiger partial charge in [0.25, 0.3) is 5.91 Å². The number of carbonyl (C=O) groups excluding carboxylic acids is 5. The molecule has 1 saturated carbocycles. The number of nitrogens with one attached hydrogen (secondary N) is 2. The molecule has 3 rings (SSSR count). The first-order chi connectivity index (χ1) is 13.8. The maximum Gasteiger partial charge on any atom is 0.339 e. The molecule has 1 saturated heterocycles. The van der Waals surface area contributed by atoms with Crippen LogP contribution in [0.1, 0.15) is 46.4 Å². The molecule has 4 amide bonds. The molecule has 1 aliphatic carbocycles. The Labute approximate surface area is 166 Å². The maximum atomic E-state index is 12.7. The van der Waals surface area contributed by atoms with Crippen LogP contribution in [0.2, 0.25) is 0 Å². The number of esters is 2. The van der Waals surface area contributed by atoms with Crippen molar-refractivity contribution in [1.82, 2.24) is 10.2 Å². The van der Waals surface area contributed by atoms with Crippen molar-refractivity contribution in [2.75, 3.05) is 26.1 Å². The van der Waals surface area contributed by atoms with Crippen molar-refractivity contribution in [3.63, 3.8) is 0 Å². The third-order valence-corrected chi connectivity index (χ3v) is 5.12. The summed E-state index contributed by atoms with van der Waals surface area (Å²) in [6.07, 6.45) is 2.75. The van der Waals surface area contributed by atoms with Crippen molar-refractivity contribution in [3.05, 3.63) is 29.3 Å². The summed E-state index contributed by atoms with van der Waals surface area (Å²) in [6.45, 7) is -0.518. The molecular formula is C19H21N3O7. The SMILES string of the molecule is COC(=O)c1ccc(C(=O)OC)c(NC(=O)CN2C(=O)NC3(CCCC3)C2=O)c1. The molecule has 154 valence electrons. The van der Waals surface area contributed by atoms with Gasteiger partial charge in [-0.05, 0) is 31.0 Å². The number of imide groups is 1. The van der Waals surface area contributed by atoms with E-state index in [1.165, 1.54) is 32.4 Å². The van der Waals surface area contributed by atoms with Gasteiger partial charge >= 0.3 is 18.0 Å². The van der Waals surface area contributed by atoms with Gasteiger partial charge in [-0.15, -0.1) is 0 Å². The number of anilines is 1. The highest BCUT2D eigenvalue weighted by atomic mass is 16.5. The molecule has 1 spiro atoms. The van der Waals surface area contributed by atoms with E-state index in [0.717, 1.165) is 17.7 Å². The molecule has 1 aliphatic heterocycles. The summed E-state index contributed by atoms with van der Waals surface area (Å²) in [5.74, 6) is -2.51. The summed E-state index contributed by atoms with van der Waals surface area (Å²) in [6, 6.07) is 3.31. The van der Waals surface area contributed by atoms with Crippen molar-refractivity contribution in [3.8, 4) is 0 Å². The Bertz CT molecular complexity index is 890. The fourth-order valence-electron chi connectivity index (χ4n) is 3.65. The summed E-state index contributed by atoms with van der Waals surface area (Å²) in [7, 11) is 2.38. The summed E-state index contributed by atoms with van der Waals surface area (Å²) >= 11 is 0. The second-order valence-corrected chi connectivity index (χ2v) is 6.90. The molecule has 2 fully saturated rings. The first kappa shape index (κ1) is 20.3. The van der Waals surface area contributed by atoms with Gasteiger partial charge in [0.15, 0.2) is 0 Å². The van der Waals surface area contributed by atoms with Gasteiger partial charge in [0.1, 0.15) is 12.1 Å². The number of benzene rings is 1. The lowest BCUT2D eigenvalue weighted by molar-refractivity contribution is -0.133. The fourth-order valence-corrected chi connectivity index (χ4v) is 3.65. The summed E-state index contributed by atoms with van der Waals surface area (Å²) in [5.41, 5.74) is -0.792. The summed E-state index contributed by atoms with van der Waals surface area (Å²) in [4.78, 5) is 62.0. The van der Waals surface area contributed by atoms with Crippen LogP contribution in [-0.2, 0) is 19.1 Å². The largest absolute Gasteiger partial charge is 0.465 e. The van der Waals surface area contributed by atoms with Crippen molar-refractivity contribution >= 4 is 35.5 Å². The zero-order valence-electron chi connectivity index (χ0n) is 16.1. The van der Waals surface area contributed by atoms with Crippen LogP contribution in [0, 0.1) is 0 Å². The maximum absolute atomic E-state index is 12.7. The van der Waals surface area contributed by atoms with E-state index >= 15 is 0 Å². The molecule has 1 heterocycles. The number of urea groups is 1. The lowest BCUT2D eigenvalue weighted by Gasteiger charge is -2.20. The van der Waals surface area contributed by atoms with Gasteiger partial charge in [0.2, 0.25) is 5.91 Å². The Morgan fingerprint density at radius 2 is 1.76 bits per heavy atom. The molecule has 2 aliphatic rings. The normalized spacial score (nSPS) is 17.2. The van der Waals surface area contributed by atoms with Crippen LogP contribution in [-0.4, -0.2) is 61.0 Å². The quantitative estimate of drug-likeness (QED) is 0.555. The van der Waals surface area contributed by atoms with E-state index in [9.17, 15) is 24.0 Å². The molecule has 1 aromatic carbocycles. The van der Waals surface area contributed by atoms with Crippen LogP contribution in [0.15, 0.2) is 18.2 Å². The molecule has 29 heavy (non-hydrogen) atoms. The average molecular weight is 403 g/mol. The molecule has 0 atom stereocenters. The Hall–Kier alpha value is -3.43. The Balaban J connectivity index is 1.79. The van der Waals surface area contributed by atoms with Crippen molar-refractivity contribution in [2.24, 2.45) is 0 Å². The monoisotopic (exact) mass is 403 g/mol. The van der Waals surface area contributed by atoms with E-state index in [4.69, 9.17) is 0 Å². The molecular weight excluding hydrogens is 382 g/mol. The highest BCUT2D eigenvalue weighted by Gasteiger charge is 2.52. The minimum absolute atomic E-state index is 0.00684. The van der Waals surface area contributed by atoms with Crippen LogP contribution in [0.25, 0.3) is 0 Å². The van der Waals surface area contributed by atoms with Gasteiger partial charge in [0.05, 0.1) is 31.0 Å². The molecule has 0 unspecified atom stereocenters. The van der Waals surface area contributed by atoms with Crippen LogP contribution in [0.5, 0.6) is 0 Å². The number of hydrogen-bond acceptors (Lipinski definition) is 7. The highest BCUT2D eigenvalue weighted by Crippen LogP contribution is 2.35. The number of amides is 4. The molecule has 10 heteroatoms. The Kier molecular flexibility index (Phi) is 5.53. The minimum atomic E-state index is -0.917. The van der Waals surface area contributed by atoms with Gasteiger partial charge in [-0.3, -0.25) is 14.5 Å². The molecule has 1 aromatic rings. The molecule has 0 radical (unpaired) electrons. The summed E-state index contributed by atoms with van der Waals surface area (Å²) < 4.78 is 9.32. The van der Waals surface area contributed by atoms with Gasteiger partial charge in [-0.1, -0.05) is 12.8 Å². The fraction of sp³-hybridized carbons (Fsp3) is 0.421. The van der Waals surface area contributed by atoms with Gasteiger partial charge in [0, 0.05) is 0 Å². The number of rotatable bonds is 5.